The first-order valence-corrected chi connectivity index (χ1v) is 36.1. The maximum absolute atomic E-state index is 14.5. The molecule has 0 radical (unpaired) electrons. The second-order valence-corrected chi connectivity index (χ2v) is 28.1. The summed E-state index contributed by atoms with van der Waals surface area (Å²) in [6.45, 7) is 2.00. The van der Waals surface area contributed by atoms with Crippen LogP contribution in [0.15, 0.2) is 303 Å². The van der Waals surface area contributed by atoms with Gasteiger partial charge in [-0.15, -0.1) is 0 Å². The summed E-state index contributed by atoms with van der Waals surface area (Å²) in [5, 5.41) is 41.2. The highest BCUT2D eigenvalue weighted by atomic mass is 16.3. The van der Waals surface area contributed by atoms with Crippen LogP contribution in [0.3, 0.4) is 0 Å². The minimum absolute atomic E-state index is 0.0566. The number of fused-ring (bicyclic) bond motifs is 2. The molecule has 0 atom stereocenters. The van der Waals surface area contributed by atoms with Gasteiger partial charge in [0.2, 0.25) is 0 Å². The monoisotopic (exact) mass is 1460 g/mol. The van der Waals surface area contributed by atoms with Gasteiger partial charge < -0.3 is 25.1 Å². The summed E-state index contributed by atoms with van der Waals surface area (Å²) < 4.78 is 0. The number of benzene rings is 17. The molecule has 0 saturated carbocycles. The van der Waals surface area contributed by atoms with E-state index >= 15 is 0 Å². The normalized spacial score (nSPS) is 13.8. The predicted octanol–water partition coefficient (Wildman–Crippen LogP) is 20.5. The Morgan fingerprint density at radius 1 is 0.232 bits per heavy atom. The number of aromatic hydroxyl groups is 3. The fourth-order valence-electron chi connectivity index (χ4n) is 16.8. The molecule has 4 aliphatic heterocycles. The summed E-state index contributed by atoms with van der Waals surface area (Å²) in [4.78, 5) is 124. The molecular weight excluding hydrogens is 1400 g/mol. The van der Waals surface area contributed by atoms with Crippen LogP contribution in [0.5, 0.6) is 17.2 Å². The van der Waals surface area contributed by atoms with Crippen LogP contribution < -0.4 is 29.4 Å². The molecule has 21 rings (SSSR count). The third-order valence-corrected chi connectivity index (χ3v) is 21.8. The summed E-state index contributed by atoms with van der Waals surface area (Å²) in [7, 11) is 0. The van der Waals surface area contributed by atoms with E-state index < -0.39 is 47.3 Å². The number of anilines is 10. The van der Waals surface area contributed by atoms with Crippen LogP contribution in [0.4, 0.5) is 56.9 Å². The molecule has 0 fully saturated rings. The number of carbonyl (C=O) groups excluding carboxylic acids is 8. The third kappa shape index (κ3) is 9.96. The standard InChI is InChI=1S/C48H27N3O6.C47H29N3O5/c52-33-8-2-6-31(24-33)49(32-7-3-9-34(53)25-32)29-14-16-30(17-15-29)50-45(54)36-19-21-38-44-39(22-20-37(43(36)44)46(50)55)48(57)51(47(38)56)40-23-13-28-11-10-26-4-1-5-27-12-18-35(40)42(28)41(26)27;1-27-8-6-11-32(24-27)48(33-12-7-13-34(51)26-33)30-16-18-31(19-17-30)49-44(52)37-20-22-39-42-40(23-21-38(41(37)42)45(49)53)47(55)50(46(39)54)43-35-14-4-2-9-28(35)25-29-10-3-5-15-36(29)43/h1-25,52-53H;2-26,51H,1H3. The van der Waals surface area contributed by atoms with E-state index in [0.29, 0.717) is 56.0 Å². The Hall–Kier alpha value is -15.6. The number of aryl methyl sites for hydroxylation is 1. The van der Waals surface area contributed by atoms with Gasteiger partial charge in [0.25, 0.3) is 47.3 Å². The molecule has 0 saturated heterocycles. The van der Waals surface area contributed by atoms with Crippen LogP contribution in [-0.4, -0.2) is 62.6 Å². The summed E-state index contributed by atoms with van der Waals surface area (Å²) in [5.74, 6) is -4.17. The second-order valence-electron chi connectivity index (χ2n) is 28.1. The van der Waals surface area contributed by atoms with Gasteiger partial charge in [0, 0.05) is 135 Å². The molecule has 8 amide bonds. The van der Waals surface area contributed by atoms with Gasteiger partial charge in [0.15, 0.2) is 0 Å². The average molecular weight is 1460 g/mol. The molecule has 0 aliphatic carbocycles. The molecule has 0 aromatic heterocycles. The first-order chi connectivity index (χ1) is 54.5. The van der Waals surface area contributed by atoms with Crippen molar-refractivity contribution in [3.63, 3.8) is 0 Å². The topological polar surface area (TPSA) is 217 Å². The largest absolute Gasteiger partial charge is 0.508 e. The van der Waals surface area contributed by atoms with Crippen molar-refractivity contribution < 1.29 is 53.7 Å². The fraction of sp³-hybridized carbons (Fsp3) is 0.0105. The SMILES string of the molecule is Cc1cccc(N(c2ccc(N3C(=O)c4ccc5c6c(ccc(c46)C3=O)C(=O)N(c3c4ccccc4cc4ccccc34)C5=O)cc2)c2cccc(O)c2)c1.O=C1c2ccc3c4c(ccc(c24)C(=O)N1c1ccc(N(c2cccc(O)c2)c2cccc(O)c2)cc1)C(=O)N(c1ccc2ccc4cccc5ccc1c2c45)C3=O. The van der Waals surface area contributed by atoms with E-state index in [1.54, 1.807) is 146 Å². The van der Waals surface area contributed by atoms with E-state index in [1.807, 2.05) is 168 Å². The van der Waals surface area contributed by atoms with Crippen LogP contribution in [0, 0.1) is 6.92 Å². The van der Waals surface area contributed by atoms with E-state index in [0.717, 1.165) is 86.3 Å². The maximum Gasteiger partial charge on any atom is 0.266 e. The number of nitrogens with zero attached hydrogens (tertiary/aromatic N) is 6. The first-order valence-electron chi connectivity index (χ1n) is 36.1. The molecule has 17 aromatic rings. The Bertz CT molecular complexity index is 6820. The molecule has 4 aliphatic rings. The van der Waals surface area contributed by atoms with Crippen molar-refractivity contribution in [1.29, 1.82) is 0 Å². The van der Waals surface area contributed by atoms with Gasteiger partial charge in [-0.25, -0.2) is 19.6 Å². The van der Waals surface area contributed by atoms with Crippen molar-refractivity contribution in [2.24, 2.45) is 0 Å². The minimum Gasteiger partial charge on any atom is -0.508 e. The zero-order chi connectivity index (χ0) is 76.2. The summed E-state index contributed by atoms with van der Waals surface area (Å²) in [5.41, 5.74) is 8.71. The summed E-state index contributed by atoms with van der Waals surface area (Å²) >= 11 is 0. The van der Waals surface area contributed by atoms with Crippen LogP contribution in [0.25, 0.3) is 75.4 Å². The van der Waals surface area contributed by atoms with Gasteiger partial charge in [-0.2, -0.15) is 0 Å². The van der Waals surface area contributed by atoms with E-state index in [-0.39, 0.29) is 67.1 Å². The molecule has 112 heavy (non-hydrogen) atoms. The maximum atomic E-state index is 14.5. The van der Waals surface area contributed by atoms with Gasteiger partial charge in [-0.1, -0.05) is 127 Å². The van der Waals surface area contributed by atoms with Crippen LogP contribution in [0.2, 0.25) is 0 Å². The number of imide groups is 4. The van der Waals surface area contributed by atoms with Crippen molar-refractivity contribution in [2.75, 3.05) is 29.4 Å². The van der Waals surface area contributed by atoms with Gasteiger partial charge in [-0.05, 0) is 208 Å². The zero-order valence-electron chi connectivity index (χ0n) is 59.2. The van der Waals surface area contributed by atoms with Gasteiger partial charge in [0.05, 0.1) is 22.7 Å². The predicted molar refractivity (Wildman–Crippen MR) is 436 cm³/mol. The Kier molecular flexibility index (Phi) is 14.7. The molecular formula is C95H56N6O11. The number of amides is 8. The van der Waals surface area contributed by atoms with Crippen LogP contribution >= 0.6 is 0 Å². The Balaban J connectivity index is 0.000000146. The third-order valence-electron chi connectivity index (χ3n) is 21.8. The van der Waals surface area contributed by atoms with Gasteiger partial charge in [-0.3, -0.25) is 38.4 Å². The molecule has 4 heterocycles. The first kappa shape index (κ1) is 65.9. The molecule has 17 heteroatoms. The Labute approximate surface area is 636 Å². The Morgan fingerprint density at radius 3 is 0.946 bits per heavy atom. The fourth-order valence-corrected chi connectivity index (χ4v) is 16.8. The minimum atomic E-state index is -0.587. The molecule has 0 bridgehead atoms. The quantitative estimate of drug-likeness (QED) is 0.0660. The van der Waals surface area contributed by atoms with Crippen molar-refractivity contribution in [3.8, 4) is 17.2 Å². The molecule has 17 nitrogen and oxygen atoms in total. The van der Waals surface area contributed by atoms with E-state index in [4.69, 9.17) is 0 Å². The number of hydrogen-bond acceptors (Lipinski definition) is 13. The molecule has 17 aromatic carbocycles. The lowest BCUT2D eigenvalue weighted by Crippen LogP contribution is -2.43. The lowest BCUT2D eigenvalue weighted by molar-refractivity contribution is 0.0873. The highest BCUT2D eigenvalue weighted by Crippen LogP contribution is 2.49. The van der Waals surface area contributed by atoms with Crippen molar-refractivity contribution >= 4 is 180 Å². The van der Waals surface area contributed by atoms with Crippen molar-refractivity contribution in [1.82, 2.24) is 0 Å². The van der Waals surface area contributed by atoms with Crippen LogP contribution in [-0.2, 0) is 0 Å². The smallest absolute Gasteiger partial charge is 0.266 e. The van der Waals surface area contributed by atoms with E-state index in [1.165, 1.54) is 9.80 Å². The molecule has 3 N–H and O–H groups in total. The highest BCUT2D eigenvalue weighted by Gasteiger charge is 2.44. The second kappa shape index (κ2) is 25.0. The van der Waals surface area contributed by atoms with Gasteiger partial charge >= 0.3 is 0 Å². The van der Waals surface area contributed by atoms with E-state index in [2.05, 4.69) is 6.07 Å². The summed E-state index contributed by atoms with van der Waals surface area (Å²) in [6.07, 6.45) is 0. The van der Waals surface area contributed by atoms with Crippen LogP contribution in [0.1, 0.15) is 88.4 Å². The highest BCUT2D eigenvalue weighted by molar-refractivity contribution is 6.46. The molecule has 0 spiro atoms. The average Bonchev–Trinajstić information content (AvgIpc) is 0.706. The lowest BCUT2D eigenvalue weighted by atomic mass is 9.85. The summed E-state index contributed by atoms with van der Waals surface area (Å²) in [6, 6.07) is 89.9. The van der Waals surface area contributed by atoms with Crippen molar-refractivity contribution in [3.05, 3.63) is 353 Å². The zero-order valence-corrected chi connectivity index (χ0v) is 59.2. The molecule has 532 valence electrons. The van der Waals surface area contributed by atoms with Gasteiger partial charge in [0.1, 0.15) is 17.2 Å². The number of rotatable bonds is 10. The van der Waals surface area contributed by atoms with E-state index in [9.17, 15) is 53.7 Å². The lowest BCUT2D eigenvalue weighted by Gasteiger charge is -2.33. The molecule has 0 unspecified atom stereocenters. The number of hydrogen-bond donors (Lipinski definition) is 3. The number of phenolic OH excluding ortho intramolecular Hbond substituents is 3. The number of carbonyl (C=O) groups is 8. The Morgan fingerprint density at radius 2 is 0.554 bits per heavy atom. The van der Waals surface area contributed by atoms with Crippen molar-refractivity contribution in [2.45, 2.75) is 6.92 Å². The number of phenols is 3.